The van der Waals surface area contributed by atoms with Gasteiger partial charge in [-0.3, -0.25) is 4.79 Å². The fraction of sp³-hybridized carbons (Fsp3) is 0.278. The molecule has 2 atom stereocenters. The van der Waals surface area contributed by atoms with Crippen LogP contribution in [0.4, 0.5) is 0 Å². The van der Waals surface area contributed by atoms with Crippen LogP contribution in [0.25, 0.3) is 0 Å². The van der Waals surface area contributed by atoms with Crippen LogP contribution in [0.3, 0.4) is 0 Å². The van der Waals surface area contributed by atoms with Crippen molar-refractivity contribution in [1.82, 2.24) is 4.72 Å². The van der Waals surface area contributed by atoms with Crippen molar-refractivity contribution in [3.8, 4) is 0 Å². The summed E-state index contributed by atoms with van der Waals surface area (Å²) < 4.78 is 28.0. The Bertz CT molecular complexity index is 929. The first kappa shape index (κ1) is 18.8. The van der Waals surface area contributed by atoms with E-state index in [1.165, 1.54) is 24.3 Å². The Morgan fingerprint density at radius 1 is 1.23 bits per heavy atom. The summed E-state index contributed by atoms with van der Waals surface area (Å²) in [5.41, 5.74) is 7.30. The van der Waals surface area contributed by atoms with Gasteiger partial charge in [0.05, 0.1) is 4.90 Å². The van der Waals surface area contributed by atoms with Crippen LogP contribution in [0.15, 0.2) is 47.4 Å². The number of aryl methyl sites for hydroxylation is 1. The zero-order valence-electron chi connectivity index (χ0n) is 13.9. The Balaban J connectivity index is 1.87. The molecule has 0 saturated carbocycles. The van der Waals surface area contributed by atoms with Gasteiger partial charge in [-0.25, -0.2) is 13.1 Å². The summed E-state index contributed by atoms with van der Waals surface area (Å²) in [6, 6.07) is 10.7. The molecular weight excluding hydrogens is 376 g/mol. The van der Waals surface area contributed by atoms with Crippen LogP contribution in [0.1, 0.15) is 41.7 Å². The highest BCUT2D eigenvalue weighted by molar-refractivity contribution is 7.89. The lowest BCUT2D eigenvalue weighted by atomic mass is 9.86. The smallest absolute Gasteiger partial charge is 0.250 e. The van der Waals surface area contributed by atoms with E-state index < -0.39 is 22.0 Å². The molecule has 2 aromatic carbocycles. The van der Waals surface area contributed by atoms with E-state index in [-0.39, 0.29) is 10.9 Å². The summed E-state index contributed by atoms with van der Waals surface area (Å²) in [5, 5.41) is 10.3. The second-order valence-corrected chi connectivity index (χ2v) is 8.43. The van der Waals surface area contributed by atoms with Crippen LogP contribution < -0.4 is 10.5 Å². The van der Waals surface area contributed by atoms with Gasteiger partial charge in [0.15, 0.2) is 6.10 Å². The molecule has 2 unspecified atom stereocenters. The zero-order valence-corrected chi connectivity index (χ0v) is 15.4. The number of hydrogen-bond acceptors (Lipinski definition) is 4. The average molecular weight is 395 g/mol. The molecule has 1 amide bonds. The third-order valence-corrected chi connectivity index (χ3v) is 6.23. The highest BCUT2D eigenvalue weighted by Crippen LogP contribution is 2.33. The lowest BCUT2D eigenvalue weighted by molar-refractivity contribution is -0.126. The normalized spacial score (nSPS) is 18.2. The van der Waals surface area contributed by atoms with E-state index in [0.29, 0.717) is 17.0 Å². The summed E-state index contributed by atoms with van der Waals surface area (Å²) >= 11 is 5.81. The van der Waals surface area contributed by atoms with Gasteiger partial charge in [0, 0.05) is 11.1 Å². The van der Waals surface area contributed by atoms with E-state index in [1.807, 2.05) is 0 Å². The van der Waals surface area contributed by atoms with Crippen LogP contribution in [0, 0.1) is 0 Å². The standard InChI is InChI=1S/C18H19ClN2O4S/c19-13-5-7-14(8-6-13)26(24,25)21-16-3-1-2-11-10-12(4-9-15(11)16)17(22)18(20)23/h4-10,16-17,21-22H,1-3H2,(H2,20,23). The van der Waals surface area contributed by atoms with Gasteiger partial charge in [0.25, 0.3) is 5.91 Å². The molecule has 3 rings (SSSR count). The number of nitrogens with one attached hydrogen (secondary N) is 1. The van der Waals surface area contributed by atoms with Crippen LogP contribution in [0.2, 0.25) is 5.02 Å². The van der Waals surface area contributed by atoms with E-state index in [0.717, 1.165) is 24.0 Å². The van der Waals surface area contributed by atoms with Gasteiger partial charge in [-0.2, -0.15) is 0 Å². The lowest BCUT2D eigenvalue weighted by Crippen LogP contribution is -2.31. The first-order chi connectivity index (χ1) is 12.3. The van der Waals surface area contributed by atoms with Crippen LogP contribution in [-0.2, 0) is 21.2 Å². The molecule has 0 saturated heterocycles. The minimum absolute atomic E-state index is 0.148. The van der Waals surface area contributed by atoms with Crippen molar-refractivity contribution in [2.24, 2.45) is 5.73 Å². The average Bonchev–Trinajstić information content (AvgIpc) is 2.61. The van der Waals surface area contributed by atoms with E-state index in [1.54, 1.807) is 18.2 Å². The number of aliphatic hydroxyl groups excluding tert-OH is 1. The molecule has 6 nitrogen and oxygen atoms in total. The molecule has 0 radical (unpaired) electrons. The van der Waals surface area contributed by atoms with Crippen molar-refractivity contribution < 1.29 is 18.3 Å². The molecule has 0 aliphatic heterocycles. The number of carbonyl (C=O) groups is 1. The Labute approximate surface area is 157 Å². The van der Waals surface area contributed by atoms with Gasteiger partial charge in [0.2, 0.25) is 10.0 Å². The summed E-state index contributed by atoms with van der Waals surface area (Å²) in [5.74, 6) is -0.819. The van der Waals surface area contributed by atoms with Gasteiger partial charge in [-0.1, -0.05) is 29.8 Å². The SMILES string of the molecule is NC(=O)C(O)c1ccc2c(c1)CCCC2NS(=O)(=O)c1ccc(Cl)cc1. The van der Waals surface area contributed by atoms with Crippen molar-refractivity contribution >= 4 is 27.5 Å². The number of halogens is 1. The van der Waals surface area contributed by atoms with E-state index >= 15 is 0 Å². The molecular formula is C18H19ClN2O4S. The van der Waals surface area contributed by atoms with Crippen molar-refractivity contribution in [3.05, 3.63) is 64.2 Å². The number of carbonyl (C=O) groups excluding carboxylic acids is 1. The number of amides is 1. The number of fused-ring (bicyclic) bond motifs is 1. The quantitative estimate of drug-likeness (QED) is 0.722. The minimum atomic E-state index is -3.69. The first-order valence-electron chi connectivity index (χ1n) is 8.16. The molecule has 8 heteroatoms. The van der Waals surface area contributed by atoms with Crippen molar-refractivity contribution in [1.29, 1.82) is 0 Å². The van der Waals surface area contributed by atoms with E-state index in [9.17, 15) is 18.3 Å². The molecule has 4 N–H and O–H groups in total. The monoisotopic (exact) mass is 394 g/mol. The third kappa shape index (κ3) is 3.91. The van der Waals surface area contributed by atoms with E-state index in [4.69, 9.17) is 17.3 Å². The number of benzene rings is 2. The number of rotatable bonds is 5. The summed E-state index contributed by atoms with van der Waals surface area (Å²) in [7, 11) is -3.69. The van der Waals surface area contributed by atoms with Crippen molar-refractivity contribution in [2.75, 3.05) is 0 Å². The Kier molecular flexibility index (Phi) is 5.34. The molecule has 138 valence electrons. The van der Waals surface area contributed by atoms with Crippen molar-refractivity contribution in [3.63, 3.8) is 0 Å². The van der Waals surface area contributed by atoms with Gasteiger partial charge in [-0.15, -0.1) is 0 Å². The molecule has 0 bridgehead atoms. The maximum Gasteiger partial charge on any atom is 0.250 e. The molecule has 0 heterocycles. The molecule has 1 aliphatic rings. The number of hydrogen-bond donors (Lipinski definition) is 3. The molecule has 0 aromatic heterocycles. The molecule has 26 heavy (non-hydrogen) atoms. The van der Waals surface area contributed by atoms with Crippen LogP contribution >= 0.6 is 11.6 Å². The Morgan fingerprint density at radius 3 is 2.58 bits per heavy atom. The predicted molar refractivity (Wildman–Crippen MR) is 98.0 cm³/mol. The van der Waals surface area contributed by atoms with Gasteiger partial charge >= 0.3 is 0 Å². The number of primary amides is 1. The second kappa shape index (κ2) is 7.36. The fourth-order valence-corrected chi connectivity index (χ4v) is 4.54. The van der Waals surface area contributed by atoms with Crippen molar-refractivity contribution in [2.45, 2.75) is 36.3 Å². The Morgan fingerprint density at radius 2 is 1.92 bits per heavy atom. The van der Waals surface area contributed by atoms with E-state index in [2.05, 4.69) is 4.72 Å². The molecule has 1 aliphatic carbocycles. The summed E-state index contributed by atoms with van der Waals surface area (Å²) in [4.78, 5) is 11.3. The second-order valence-electron chi connectivity index (χ2n) is 6.28. The summed E-state index contributed by atoms with van der Waals surface area (Å²) in [6.07, 6.45) is 0.828. The van der Waals surface area contributed by atoms with Crippen LogP contribution in [0.5, 0.6) is 0 Å². The Hall–Kier alpha value is -1.93. The van der Waals surface area contributed by atoms with Gasteiger partial charge in [-0.05, 0) is 60.2 Å². The maximum absolute atomic E-state index is 12.6. The number of nitrogens with two attached hydrogens (primary N) is 1. The third-order valence-electron chi connectivity index (χ3n) is 4.49. The van der Waals surface area contributed by atoms with Crippen LogP contribution in [-0.4, -0.2) is 19.4 Å². The van der Waals surface area contributed by atoms with Gasteiger partial charge in [0.1, 0.15) is 0 Å². The number of aliphatic hydroxyl groups is 1. The highest BCUT2D eigenvalue weighted by Gasteiger charge is 2.27. The molecule has 2 aromatic rings. The predicted octanol–water partition coefficient (Wildman–Crippen LogP) is 2.21. The highest BCUT2D eigenvalue weighted by atomic mass is 35.5. The molecule has 0 spiro atoms. The van der Waals surface area contributed by atoms with Gasteiger partial charge < -0.3 is 10.8 Å². The zero-order chi connectivity index (χ0) is 18.9. The summed E-state index contributed by atoms with van der Waals surface area (Å²) in [6.45, 7) is 0. The topological polar surface area (TPSA) is 109 Å². The lowest BCUT2D eigenvalue weighted by Gasteiger charge is -2.27. The number of sulfonamides is 1. The molecule has 0 fully saturated rings. The fourth-order valence-electron chi connectivity index (χ4n) is 3.16. The first-order valence-corrected chi connectivity index (χ1v) is 10.0. The largest absolute Gasteiger partial charge is 0.378 e. The maximum atomic E-state index is 12.6. The minimum Gasteiger partial charge on any atom is -0.378 e.